The van der Waals surface area contributed by atoms with E-state index >= 15 is 9.36 Å². The van der Waals surface area contributed by atoms with Gasteiger partial charge in [-0.2, -0.15) is 0 Å². The molecule has 2 aliphatic rings. The minimum absolute atomic E-state index is 0.0000934. The minimum Gasteiger partial charge on any atom is -0.457 e. The van der Waals surface area contributed by atoms with Crippen molar-refractivity contribution < 1.29 is 65.6 Å². The molecule has 0 aromatic heterocycles. The zero-order valence-corrected chi connectivity index (χ0v) is 59.6. The lowest BCUT2D eigenvalue weighted by atomic mass is 9.83. The number of esters is 1. The molecular formula is C84H100N3O14P. The molecule has 0 radical (unpaired) electrons. The van der Waals surface area contributed by atoms with Crippen LogP contribution in [-0.2, 0) is 118 Å². The molecular weight excluding hydrogens is 1310 g/mol. The van der Waals surface area contributed by atoms with Crippen molar-refractivity contribution in [1.82, 2.24) is 0 Å². The van der Waals surface area contributed by atoms with Crippen LogP contribution in [0.1, 0.15) is 141 Å². The van der Waals surface area contributed by atoms with E-state index in [1.165, 1.54) is 51.4 Å². The number of unbranched alkanes of at least 4 members (excludes halogenated alkanes) is 12. The number of carbonyl (C=O) groups excluding carboxylic acids is 1. The van der Waals surface area contributed by atoms with Crippen LogP contribution >= 0.6 is 7.82 Å². The maximum absolute atomic E-state index is 16.5. The van der Waals surface area contributed by atoms with E-state index in [2.05, 4.69) is 16.9 Å². The molecule has 18 heteroatoms. The van der Waals surface area contributed by atoms with Crippen LogP contribution in [0.25, 0.3) is 10.4 Å². The minimum atomic E-state index is -4.93. The van der Waals surface area contributed by atoms with Gasteiger partial charge >= 0.3 is 13.8 Å². The highest BCUT2D eigenvalue weighted by Crippen LogP contribution is 2.55. The summed E-state index contributed by atoms with van der Waals surface area (Å²) >= 11 is 0. The maximum atomic E-state index is 16.5. The molecule has 102 heavy (non-hydrogen) atoms. The average molecular weight is 1410 g/mol. The molecule has 0 N–H and O–H groups in total. The van der Waals surface area contributed by atoms with E-state index in [1.54, 1.807) is 0 Å². The zero-order valence-electron chi connectivity index (χ0n) is 58.7. The van der Waals surface area contributed by atoms with Crippen molar-refractivity contribution in [2.75, 3.05) is 6.61 Å². The van der Waals surface area contributed by atoms with Gasteiger partial charge in [0.15, 0.2) is 12.4 Å². The van der Waals surface area contributed by atoms with Gasteiger partial charge in [-0.3, -0.25) is 18.4 Å². The van der Waals surface area contributed by atoms with Gasteiger partial charge in [0.1, 0.15) is 54.9 Å². The molecule has 540 valence electrons. The number of carbonyl (C=O) groups is 1. The molecule has 0 spiro atoms. The second-order valence-electron chi connectivity index (χ2n) is 26.1. The number of phosphoric acid groups is 1. The Morgan fingerprint density at radius 3 is 1.10 bits per heavy atom. The van der Waals surface area contributed by atoms with E-state index in [0.717, 1.165) is 59.1 Å². The lowest BCUT2D eigenvalue weighted by Crippen LogP contribution is -2.69. The number of benzene rings is 8. The maximum Gasteiger partial charge on any atom is 0.475 e. The summed E-state index contributed by atoms with van der Waals surface area (Å²) in [4.78, 5) is 18.7. The Hall–Kier alpha value is -7.67. The molecule has 1 saturated heterocycles. The Labute approximate surface area is 602 Å². The Morgan fingerprint density at radius 1 is 0.392 bits per heavy atom. The summed E-state index contributed by atoms with van der Waals surface area (Å²) in [6, 6.07) is 75.3. The normalized spacial score (nSPS) is 21.2. The number of rotatable bonds is 45. The van der Waals surface area contributed by atoms with Crippen LogP contribution in [0.3, 0.4) is 0 Å². The standard InChI is InChI=1S/C84H100N3O14P/c1-2-3-4-5-6-7-8-9-10-11-12-13-38-55-74(88)99-81-79(94-60-69-47-30-18-31-48-69)78(93-59-68-45-28-17-29-46-68)80(95-61-70-49-32-19-33-50-70)82(83(81)101-102(89,96-62-71-51-34-20-35-52-71)97-63-72-53-36-21-37-54-72)100-84-75(86-87-85)77(92-58-67-43-26-16-27-44-67)76(91-57-66-41-24-15-25-42-66)73(98-84)64-90-56-65-39-22-14-23-40-65/h14-37,39-54,73,75-84H,2-13,38,55-64H2,1H3/t73?,75?,76-,77+,78?,79?,80-,81+,82+,83?,84-/m0/s1. The van der Waals surface area contributed by atoms with Crippen molar-refractivity contribution in [2.24, 2.45) is 5.11 Å². The highest BCUT2D eigenvalue weighted by atomic mass is 31.2. The summed E-state index contributed by atoms with van der Waals surface area (Å²) in [6.07, 6.45) is 1.48. The number of hydrogen-bond donors (Lipinski definition) is 0. The molecule has 1 aliphatic heterocycles. The van der Waals surface area contributed by atoms with Gasteiger partial charge in [0.2, 0.25) is 0 Å². The van der Waals surface area contributed by atoms with Crippen LogP contribution in [0.4, 0.5) is 0 Å². The lowest BCUT2D eigenvalue weighted by Gasteiger charge is -2.51. The van der Waals surface area contributed by atoms with Crippen molar-refractivity contribution in [3.05, 3.63) is 298 Å². The summed E-state index contributed by atoms with van der Waals surface area (Å²) in [5, 5.41) is 4.52. The van der Waals surface area contributed by atoms with Crippen molar-refractivity contribution in [3.63, 3.8) is 0 Å². The Kier molecular flexibility index (Phi) is 32.8. The van der Waals surface area contributed by atoms with Gasteiger partial charge in [-0.05, 0) is 56.5 Å². The Morgan fingerprint density at radius 2 is 0.716 bits per heavy atom. The second-order valence-corrected chi connectivity index (χ2v) is 27.8. The average Bonchev–Trinajstić information content (AvgIpc) is 0.750. The first-order valence-corrected chi connectivity index (χ1v) is 37.9. The monoisotopic (exact) mass is 1410 g/mol. The quantitative estimate of drug-likeness (QED) is 0.00873. The molecule has 1 aliphatic carbocycles. The molecule has 1 saturated carbocycles. The predicted molar refractivity (Wildman–Crippen MR) is 393 cm³/mol. The molecule has 17 nitrogen and oxygen atoms in total. The molecule has 0 amide bonds. The van der Waals surface area contributed by atoms with Gasteiger partial charge in [-0.25, -0.2) is 4.57 Å². The fraction of sp³-hybridized carbons (Fsp3) is 0.417. The smallest absolute Gasteiger partial charge is 0.457 e. The summed E-state index contributed by atoms with van der Waals surface area (Å²) in [6.45, 7) is 2.13. The highest BCUT2D eigenvalue weighted by molar-refractivity contribution is 7.48. The third kappa shape index (κ3) is 25.3. The number of nitrogens with zero attached hydrogens (tertiary/aromatic N) is 3. The molecule has 8 aromatic carbocycles. The number of azide groups is 1. The largest absolute Gasteiger partial charge is 0.475 e. The Balaban J connectivity index is 1.09. The number of ether oxygens (including phenoxy) is 9. The van der Waals surface area contributed by atoms with Gasteiger partial charge in [-0.1, -0.05) is 332 Å². The van der Waals surface area contributed by atoms with E-state index in [9.17, 15) is 5.53 Å². The van der Waals surface area contributed by atoms with Gasteiger partial charge in [0.05, 0.1) is 59.5 Å². The molecule has 2 fully saturated rings. The van der Waals surface area contributed by atoms with Crippen molar-refractivity contribution in [2.45, 2.75) is 217 Å². The second kappa shape index (κ2) is 43.4. The molecule has 5 unspecified atom stereocenters. The molecule has 8 aromatic rings. The molecule has 10 rings (SSSR count). The molecule has 1 heterocycles. The zero-order chi connectivity index (χ0) is 70.5. The van der Waals surface area contributed by atoms with E-state index in [1.807, 2.05) is 243 Å². The van der Waals surface area contributed by atoms with E-state index in [4.69, 9.17) is 56.2 Å². The van der Waals surface area contributed by atoms with Crippen LogP contribution in [0.5, 0.6) is 0 Å². The van der Waals surface area contributed by atoms with Crippen molar-refractivity contribution in [1.29, 1.82) is 0 Å². The first-order valence-electron chi connectivity index (χ1n) is 36.4. The first kappa shape index (κ1) is 77.0. The summed E-state index contributed by atoms with van der Waals surface area (Å²) in [5.41, 5.74) is 17.3. The van der Waals surface area contributed by atoms with E-state index in [-0.39, 0.29) is 65.9 Å². The lowest BCUT2D eigenvalue weighted by molar-refractivity contribution is -0.334. The third-order valence-electron chi connectivity index (χ3n) is 18.3. The third-order valence-corrected chi connectivity index (χ3v) is 19.7. The molecule has 0 bridgehead atoms. The first-order chi connectivity index (χ1) is 50.3. The van der Waals surface area contributed by atoms with Gasteiger partial charge in [0, 0.05) is 11.3 Å². The van der Waals surface area contributed by atoms with E-state index in [0.29, 0.717) is 17.5 Å². The summed E-state index contributed by atoms with van der Waals surface area (Å²) < 4.78 is 101. The van der Waals surface area contributed by atoms with Gasteiger partial charge in [0.25, 0.3) is 0 Å². The SMILES string of the molecule is CCCCCCCCCCCCCCCC(=O)O[C@@H]1C(OCc2ccccc2)C(OCc2ccccc2)[C@H](OCc2ccccc2)[C@@H](O[C@@H]2OC(COCc3ccccc3)[C@H](OCc3ccccc3)[C@H](OCc3ccccc3)C2N=[N+]=[N-])C1OP(=O)(OCc1ccccc1)OCc1ccccc1. The van der Waals surface area contributed by atoms with E-state index < -0.39 is 81.1 Å². The molecule has 11 atom stereocenters. The van der Waals surface area contributed by atoms with Crippen LogP contribution < -0.4 is 0 Å². The van der Waals surface area contributed by atoms with Gasteiger partial charge in [-0.15, -0.1) is 0 Å². The predicted octanol–water partition coefficient (Wildman–Crippen LogP) is 19.3. The van der Waals surface area contributed by atoms with Crippen LogP contribution in [0.15, 0.2) is 248 Å². The van der Waals surface area contributed by atoms with Crippen LogP contribution in [0.2, 0.25) is 0 Å². The van der Waals surface area contributed by atoms with Crippen molar-refractivity contribution >= 4 is 13.8 Å². The number of hydrogen-bond acceptors (Lipinski definition) is 15. The fourth-order valence-corrected chi connectivity index (χ4v) is 14.2. The van der Waals surface area contributed by atoms with Crippen LogP contribution in [0, 0.1) is 0 Å². The summed E-state index contributed by atoms with van der Waals surface area (Å²) in [7, 11) is -4.93. The number of phosphoric ester groups is 1. The van der Waals surface area contributed by atoms with Crippen LogP contribution in [-0.4, -0.2) is 79.8 Å². The summed E-state index contributed by atoms with van der Waals surface area (Å²) in [5.74, 6) is -0.566. The highest BCUT2D eigenvalue weighted by Gasteiger charge is 2.60. The van der Waals surface area contributed by atoms with Gasteiger partial charge < -0.3 is 42.6 Å². The van der Waals surface area contributed by atoms with Crippen molar-refractivity contribution in [3.8, 4) is 0 Å². The topological polar surface area (TPSA) is 194 Å². The fourth-order valence-electron chi connectivity index (χ4n) is 12.9. The Bertz CT molecular complexity index is 3620.